The van der Waals surface area contributed by atoms with E-state index in [2.05, 4.69) is 35.7 Å². The number of rotatable bonds is 6. The lowest BCUT2D eigenvalue weighted by molar-refractivity contribution is -0.141. The van der Waals surface area contributed by atoms with E-state index >= 15 is 0 Å². The van der Waals surface area contributed by atoms with Crippen LogP contribution in [0, 0.1) is 6.92 Å². The van der Waals surface area contributed by atoms with Crippen molar-refractivity contribution < 1.29 is 13.2 Å². The molecule has 0 saturated carbocycles. The minimum Gasteiger partial charge on any atom is -0.372 e. The molecule has 206 valence electrons. The van der Waals surface area contributed by atoms with Crippen molar-refractivity contribution in [1.82, 2.24) is 34.3 Å². The topological polar surface area (TPSA) is 115 Å². The van der Waals surface area contributed by atoms with Gasteiger partial charge in [-0.15, -0.1) is 0 Å². The summed E-state index contributed by atoms with van der Waals surface area (Å²) < 4.78 is 41.7. The van der Waals surface area contributed by atoms with Gasteiger partial charge in [0.2, 0.25) is 0 Å². The van der Waals surface area contributed by atoms with Gasteiger partial charge in [-0.3, -0.25) is 4.79 Å². The Hall–Kier alpha value is -4.52. The first-order valence-corrected chi connectivity index (χ1v) is 12.4. The molecular formula is C26H23ClF3N9O. The van der Waals surface area contributed by atoms with E-state index in [1.54, 1.807) is 44.6 Å². The molecule has 0 aliphatic carbocycles. The van der Waals surface area contributed by atoms with E-state index in [-0.39, 0.29) is 22.3 Å². The van der Waals surface area contributed by atoms with Crippen LogP contribution in [0.4, 0.5) is 30.4 Å². The number of aryl methyl sites for hydroxylation is 2. The molecule has 0 aliphatic rings. The van der Waals surface area contributed by atoms with Crippen molar-refractivity contribution in [3.05, 3.63) is 87.6 Å². The maximum Gasteiger partial charge on any atom is 0.435 e. The average Bonchev–Trinajstić information content (AvgIpc) is 3.41. The fourth-order valence-electron chi connectivity index (χ4n) is 4.19. The molecule has 0 aliphatic heterocycles. The van der Waals surface area contributed by atoms with Gasteiger partial charge < -0.3 is 15.2 Å². The van der Waals surface area contributed by atoms with E-state index in [0.29, 0.717) is 33.8 Å². The van der Waals surface area contributed by atoms with Crippen molar-refractivity contribution in [3.63, 3.8) is 0 Å². The second-order valence-corrected chi connectivity index (χ2v) is 9.90. The lowest BCUT2D eigenvalue weighted by atomic mass is 10.0. The molecule has 0 unspecified atom stereocenters. The quantitative estimate of drug-likeness (QED) is 0.280. The van der Waals surface area contributed by atoms with Crippen LogP contribution in [0.25, 0.3) is 16.9 Å². The number of halogens is 4. The largest absolute Gasteiger partial charge is 0.435 e. The minimum atomic E-state index is -4.62. The van der Waals surface area contributed by atoms with Crippen LogP contribution in [0.3, 0.4) is 0 Å². The van der Waals surface area contributed by atoms with E-state index in [1.165, 1.54) is 10.6 Å². The summed E-state index contributed by atoms with van der Waals surface area (Å²) in [6.45, 7) is 5.40. The van der Waals surface area contributed by atoms with E-state index < -0.39 is 17.4 Å². The molecule has 0 radical (unpaired) electrons. The molecule has 0 saturated heterocycles. The molecule has 2 N–H and O–H groups in total. The van der Waals surface area contributed by atoms with Crippen LogP contribution in [0.2, 0.25) is 5.02 Å². The standard InChI is InChI=1S/C26H23ClF3N9O/c1-14-20(27)22(35-24(33-14)39-12-9-18(37-39)26(28,29)30)34-16-8-5-7-15-17(13-19(40)38(4)21(15)16)36-25(2,3)23-31-10-6-11-32-23/h5-13,36H,1-4H3,(H,33,34,35). The summed E-state index contributed by atoms with van der Waals surface area (Å²) in [6, 6.07) is 9.42. The molecule has 0 atom stereocenters. The molecule has 4 heterocycles. The fourth-order valence-corrected chi connectivity index (χ4v) is 4.32. The SMILES string of the molecule is Cc1nc(-n2ccc(C(F)(F)F)n2)nc(Nc2cccc3c(NC(C)(C)c4ncccn4)cc(=O)n(C)c23)c1Cl. The van der Waals surface area contributed by atoms with Gasteiger partial charge in [0, 0.05) is 42.8 Å². The van der Waals surface area contributed by atoms with Gasteiger partial charge in [-0.25, -0.2) is 19.6 Å². The summed E-state index contributed by atoms with van der Waals surface area (Å²) in [5.74, 6) is 0.562. The Kier molecular flexibility index (Phi) is 6.70. The highest BCUT2D eigenvalue weighted by Gasteiger charge is 2.34. The highest BCUT2D eigenvalue weighted by molar-refractivity contribution is 6.33. The summed E-state index contributed by atoms with van der Waals surface area (Å²) in [5.41, 5.74) is -0.181. The summed E-state index contributed by atoms with van der Waals surface area (Å²) in [6.07, 6.45) is -0.211. The first kappa shape index (κ1) is 27.1. The summed E-state index contributed by atoms with van der Waals surface area (Å²) in [4.78, 5) is 30.2. The van der Waals surface area contributed by atoms with Crippen LogP contribution in [-0.2, 0) is 18.8 Å². The number of fused-ring (bicyclic) bond motifs is 1. The van der Waals surface area contributed by atoms with Gasteiger partial charge >= 0.3 is 6.18 Å². The molecule has 1 aromatic carbocycles. The van der Waals surface area contributed by atoms with Gasteiger partial charge in [0.1, 0.15) is 5.02 Å². The molecule has 14 heteroatoms. The molecule has 5 rings (SSSR count). The first-order chi connectivity index (χ1) is 18.8. The highest BCUT2D eigenvalue weighted by Crippen LogP contribution is 2.34. The third-order valence-electron chi connectivity index (χ3n) is 6.17. The van der Waals surface area contributed by atoms with E-state index in [1.807, 2.05) is 19.9 Å². The second kappa shape index (κ2) is 9.90. The lowest BCUT2D eigenvalue weighted by Crippen LogP contribution is -2.31. The zero-order valence-corrected chi connectivity index (χ0v) is 22.5. The highest BCUT2D eigenvalue weighted by atomic mass is 35.5. The number of anilines is 3. The number of benzene rings is 1. The molecule has 40 heavy (non-hydrogen) atoms. The molecule has 0 bridgehead atoms. The summed E-state index contributed by atoms with van der Waals surface area (Å²) in [5, 5.41) is 10.9. The van der Waals surface area contributed by atoms with Crippen LogP contribution >= 0.6 is 11.6 Å². The Labute approximate surface area is 230 Å². The van der Waals surface area contributed by atoms with Gasteiger partial charge in [0.05, 0.1) is 22.4 Å². The summed E-state index contributed by atoms with van der Waals surface area (Å²) in [7, 11) is 1.63. The molecule has 0 fully saturated rings. The zero-order valence-electron chi connectivity index (χ0n) is 21.7. The maximum absolute atomic E-state index is 13.1. The van der Waals surface area contributed by atoms with Crippen molar-refractivity contribution in [2.24, 2.45) is 7.05 Å². The Bertz CT molecular complexity index is 1780. The number of nitrogens with zero attached hydrogens (tertiary/aromatic N) is 7. The molecule has 4 aromatic heterocycles. The number of para-hydroxylation sites is 1. The third kappa shape index (κ3) is 5.07. The van der Waals surface area contributed by atoms with Crippen molar-refractivity contribution in [3.8, 4) is 5.95 Å². The van der Waals surface area contributed by atoms with Gasteiger partial charge in [0.25, 0.3) is 11.5 Å². The average molecular weight is 570 g/mol. The van der Waals surface area contributed by atoms with Gasteiger partial charge in [0.15, 0.2) is 17.3 Å². The van der Waals surface area contributed by atoms with Crippen molar-refractivity contribution in [1.29, 1.82) is 0 Å². The normalized spacial score (nSPS) is 12.1. The van der Waals surface area contributed by atoms with Crippen LogP contribution in [-0.4, -0.2) is 34.3 Å². The number of aromatic nitrogens is 7. The van der Waals surface area contributed by atoms with Gasteiger partial charge in [-0.2, -0.15) is 23.3 Å². The van der Waals surface area contributed by atoms with Crippen LogP contribution < -0.4 is 16.2 Å². The Balaban J connectivity index is 1.59. The molecular weight excluding hydrogens is 547 g/mol. The van der Waals surface area contributed by atoms with E-state index in [4.69, 9.17) is 11.6 Å². The smallest absolute Gasteiger partial charge is 0.372 e. The van der Waals surface area contributed by atoms with E-state index in [9.17, 15) is 18.0 Å². The monoisotopic (exact) mass is 569 g/mol. The Morgan fingerprint density at radius 2 is 1.73 bits per heavy atom. The number of alkyl halides is 3. The van der Waals surface area contributed by atoms with Crippen molar-refractivity contribution in [2.75, 3.05) is 10.6 Å². The van der Waals surface area contributed by atoms with Crippen LogP contribution in [0.15, 0.2) is 59.8 Å². The predicted molar refractivity (Wildman–Crippen MR) is 145 cm³/mol. The Morgan fingerprint density at radius 1 is 1.00 bits per heavy atom. The minimum absolute atomic E-state index is 0.110. The van der Waals surface area contributed by atoms with Crippen LogP contribution in [0.5, 0.6) is 0 Å². The van der Waals surface area contributed by atoms with E-state index in [0.717, 1.165) is 16.9 Å². The van der Waals surface area contributed by atoms with Crippen molar-refractivity contribution >= 4 is 39.7 Å². The number of pyridine rings is 1. The predicted octanol–water partition coefficient (Wildman–Crippen LogP) is 5.38. The second-order valence-electron chi connectivity index (χ2n) is 9.52. The molecule has 0 amide bonds. The van der Waals surface area contributed by atoms with Gasteiger partial charge in [-0.05, 0) is 39.0 Å². The third-order valence-corrected chi connectivity index (χ3v) is 6.63. The zero-order chi connectivity index (χ0) is 28.8. The number of hydrogen-bond acceptors (Lipinski definition) is 8. The number of hydrogen-bond donors (Lipinski definition) is 2. The van der Waals surface area contributed by atoms with Crippen molar-refractivity contribution in [2.45, 2.75) is 32.5 Å². The lowest BCUT2D eigenvalue weighted by Gasteiger charge is -2.27. The number of nitrogens with one attached hydrogen (secondary N) is 2. The van der Waals surface area contributed by atoms with Gasteiger partial charge in [-0.1, -0.05) is 23.7 Å². The summed E-state index contributed by atoms with van der Waals surface area (Å²) >= 11 is 6.50. The molecule has 10 nitrogen and oxygen atoms in total. The molecule has 0 spiro atoms. The fraction of sp³-hybridized carbons (Fsp3) is 0.231. The maximum atomic E-state index is 13.1. The Morgan fingerprint density at radius 3 is 2.40 bits per heavy atom. The van der Waals surface area contributed by atoms with Crippen LogP contribution in [0.1, 0.15) is 31.1 Å². The molecule has 5 aromatic rings. The first-order valence-electron chi connectivity index (χ1n) is 12.0.